The van der Waals surface area contributed by atoms with E-state index in [4.69, 9.17) is 11.6 Å². The molecule has 3 heteroatoms. The van der Waals surface area contributed by atoms with Gasteiger partial charge in [-0.3, -0.25) is 4.98 Å². The molecule has 136 valence electrons. The molecule has 0 aliphatic heterocycles. The Morgan fingerprint density at radius 2 is 1.60 bits per heavy atom. The predicted molar refractivity (Wildman–Crippen MR) is 112 cm³/mol. The first kappa shape index (κ1) is 20.3. The predicted octanol–water partition coefficient (Wildman–Crippen LogP) is 7.04. The maximum atomic E-state index is 5.99. The molecule has 1 aromatic carbocycles. The zero-order valence-electron chi connectivity index (χ0n) is 15.9. The van der Waals surface area contributed by atoms with Crippen molar-refractivity contribution in [1.82, 2.24) is 4.98 Å². The summed E-state index contributed by atoms with van der Waals surface area (Å²) in [6.07, 6.45) is 5.44. The van der Waals surface area contributed by atoms with Gasteiger partial charge in [0, 0.05) is 17.0 Å². The van der Waals surface area contributed by atoms with Crippen LogP contribution in [0.5, 0.6) is 0 Å². The Labute approximate surface area is 162 Å². The summed E-state index contributed by atoms with van der Waals surface area (Å²) in [5.74, 6) is 2.17. The van der Waals surface area contributed by atoms with Gasteiger partial charge in [-0.1, -0.05) is 57.5 Å². The van der Waals surface area contributed by atoms with Crippen molar-refractivity contribution >= 4 is 23.4 Å². The maximum Gasteiger partial charge on any atom is 0.0502 e. The van der Waals surface area contributed by atoms with Crippen molar-refractivity contribution in [1.29, 1.82) is 0 Å². The molecule has 0 aliphatic rings. The van der Waals surface area contributed by atoms with E-state index < -0.39 is 0 Å². The second-order valence-electron chi connectivity index (χ2n) is 8.45. The third-order valence-corrected chi connectivity index (χ3v) is 6.28. The number of rotatable bonds is 9. The second kappa shape index (κ2) is 9.09. The molecule has 2 aromatic rings. The van der Waals surface area contributed by atoms with Gasteiger partial charge in [0.05, 0.1) is 5.69 Å². The van der Waals surface area contributed by atoms with Crippen LogP contribution in [0.2, 0.25) is 5.02 Å². The van der Waals surface area contributed by atoms with Gasteiger partial charge < -0.3 is 0 Å². The molecular formula is C22H30ClNS. The van der Waals surface area contributed by atoms with Gasteiger partial charge >= 0.3 is 0 Å². The van der Waals surface area contributed by atoms with Crippen LogP contribution in [0, 0.1) is 10.8 Å². The van der Waals surface area contributed by atoms with E-state index in [0.29, 0.717) is 10.8 Å². The van der Waals surface area contributed by atoms with E-state index in [1.54, 1.807) is 0 Å². The number of hydrogen-bond donors (Lipinski definition) is 0. The van der Waals surface area contributed by atoms with E-state index in [2.05, 4.69) is 56.9 Å². The van der Waals surface area contributed by atoms with E-state index in [1.165, 1.54) is 29.9 Å². The van der Waals surface area contributed by atoms with E-state index in [-0.39, 0.29) is 0 Å². The highest BCUT2D eigenvalue weighted by molar-refractivity contribution is 7.98. The van der Waals surface area contributed by atoms with Gasteiger partial charge in [0.25, 0.3) is 0 Å². The Balaban J connectivity index is 1.77. The van der Waals surface area contributed by atoms with Crippen LogP contribution in [0.4, 0.5) is 0 Å². The van der Waals surface area contributed by atoms with Crippen LogP contribution in [0.3, 0.4) is 0 Å². The molecule has 0 saturated heterocycles. The molecule has 1 heterocycles. The van der Waals surface area contributed by atoms with Gasteiger partial charge in [-0.05, 0) is 65.7 Å². The zero-order chi connectivity index (χ0) is 18.3. The quantitative estimate of drug-likeness (QED) is 0.466. The Bertz CT molecular complexity index is 635. The van der Waals surface area contributed by atoms with E-state index in [1.807, 2.05) is 36.2 Å². The minimum atomic E-state index is 0.302. The number of halogens is 1. The molecule has 0 unspecified atom stereocenters. The molecule has 0 bridgehead atoms. The molecule has 25 heavy (non-hydrogen) atoms. The molecule has 0 radical (unpaired) electrons. The average molecular weight is 376 g/mol. The van der Waals surface area contributed by atoms with Crippen LogP contribution in [0.15, 0.2) is 48.7 Å². The standard InChI is InChI=1S/C22H30ClNS/c1-21(2,15-18-8-10-19(23)11-9-18)12-13-22(3,4)17-25-16-20-7-5-6-14-24-20/h5-11,14H,12-13,15-17H2,1-4H3. The van der Waals surface area contributed by atoms with Crippen LogP contribution in [-0.2, 0) is 12.2 Å². The molecule has 1 aromatic heterocycles. The largest absolute Gasteiger partial charge is 0.260 e. The summed E-state index contributed by atoms with van der Waals surface area (Å²) in [7, 11) is 0. The molecule has 1 nitrogen and oxygen atoms in total. The molecule has 0 spiro atoms. The molecule has 2 rings (SSSR count). The number of benzene rings is 1. The normalized spacial score (nSPS) is 12.4. The van der Waals surface area contributed by atoms with Crippen LogP contribution in [-0.4, -0.2) is 10.7 Å². The van der Waals surface area contributed by atoms with E-state index >= 15 is 0 Å². The number of nitrogens with zero attached hydrogens (tertiary/aromatic N) is 1. The van der Waals surface area contributed by atoms with Crippen molar-refractivity contribution in [2.24, 2.45) is 10.8 Å². The number of hydrogen-bond acceptors (Lipinski definition) is 2. The molecule has 0 fully saturated rings. The van der Waals surface area contributed by atoms with Gasteiger partial charge in [-0.15, -0.1) is 0 Å². The Morgan fingerprint density at radius 1 is 0.920 bits per heavy atom. The van der Waals surface area contributed by atoms with E-state index in [0.717, 1.165) is 17.2 Å². The Hall–Kier alpha value is -0.990. The lowest BCUT2D eigenvalue weighted by molar-refractivity contribution is 0.257. The zero-order valence-corrected chi connectivity index (χ0v) is 17.5. The highest BCUT2D eigenvalue weighted by Gasteiger charge is 2.25. The Kier molecular flexibility index (Phi) is 7.39. The minimum Gasteiger partial charge on any atom is -0.260 e. The fraction of sp³-hybridized carbons (Fsp3) is 0.500. The highest BCUT2D eigenvalue weighted by atomic mass is 35.5. The summed E-state index contributed by atoms with van der Waals surface area (Å²) < 4.78 is 0. The summed E-state index contributed by atoms with van der Waals surface area (Å²) in [5.41, 5.74) is 3.19. The maximum absolute atomic E-state index is 5.99. The lowest BCUT2D eigenvalue weighted by Gasteiger charge is -2.31. The summed E-state index contributed by atoms with van der Waals surface area (Å²) in [6.45, 7) is 9.52. The first-order chi connectivity index (χ1) is 11.8. The van der Waals surface area contributed by atoms with Crippen LogP contribution in [0.1, 0.15) is 51.8 Å². The average Bonchev–Trinajstić information content (AvgIpc) is 2.56. The van der Waals surface area contributed by atoms with Crippen molar-refractivity contribution in [3.05, 3.63) is 64.9 Å². The molecule has 0 amide bonds. The summed E-state index contributed by atoms with van der Waals surface area (Å²) in [5, 5.41) is 0.813. The summed E-state index contributed by atoms with van der Waals surface area (Å²) >= 11 is 7.98. The number of aromatic nitrogens is 1. The lowest BCUT2D eigenvalue weighted by atomic mass is 9.76. The molecule has 0 aliphatic carbocycles. The van der Waals surface area contributed by atoms with Gasteiger partial charge in [0.15, 0.2) is 0 Å². The van der Waals surface area contributed by atoms with Crippen LogP contribution in [0.25, 0.3) is 0 Å². The first-order valence-electron chi connectivity index (χ1n) is 8.98. The molecule has 0 atom stereocenters. The smallest absolute Gasteiger partial charge is 0.0502 e. The number of thioether (sulfide) groups is 1. The van der Waals surface area contributed by atoms with Crippen molar-refractivity contribution in [3.8, 4) is 0 Å². The SMILES string of the molecule is CC(C)(CCC(C)(C)Cc1ccc(Cl)cc1)CSCc1ccccn1. The monoisotopic (exact) mass is 375 g/mol. The topological polar surface area (TPSA) is 12.9 Å². The fourth-order valence-electron chi connectivity index (χ4n) is 2.91. The van der Waals surface area contributed by atoms with Crippen molar-refractivity contribution in [2.75, 3.05) is 5.75 Å². The van der Waals surface area contributed by atoms with Gasteiger partial charge in [0.1, 0.15) is 0 Å². The summed E-state index contributed by atoms with van der Waals surface area (Å²) in [4.78, 5) is 4.41. The van der Waals surface area contributed by atoms with Crippen LogP contribution < -0.4 is 0 Å². The van der Waals surface area contributed by atoms with E-state index in [9.17, 15) is 0 Å². The minimum absolute atomic E-state index is 0.302. The van der Waals surface area contributed by atoms with Crippen molar-refractivity contribution in [3.63, 3.8) is 0 Å². The second-order valence-corrected chi connectivity index (χ2v) is 9.87. The molecular weight excluding hydrogens is 346 g/mol. The third kappa shape index (κ3) is 7.83. The molecule has 0 saturated carbocycles. The van der Waals surface area contributed by atoms with Gasteiger partial charge in [-0.25, -0.2) is 0 Å². The number of pyridine rings is 1. The van der Waals surface area contributed by atoms with Crippen LogP contribution >= 0.6 is 23.4 Å². The summed E-state index contributed by atoms with van der Waals surface area (Å²) in [6, 6.07) is 14.4. The first-order valence-corrected chi connectivity index (χ1v) is 10.5. The lowest BCUT2D eigenvalue weighted by Crippen LogP contribution is -2.22. The van der Waals surface area contributed by atoms with Gasteiger partial charge in [-0.2, -0.15) is 11.8 Å². The molecule has 0 N–H and O–H groups in total. The fourth-order valence-corrected chi connectivity index (χ4v) is 4.21. The third-order valence-electron chi connectivity index (χ3n) is 4.54. The highest BCUT2D eigenvalue weighted by Crippen LogP contribution is 2.36. The van der Waals surface area contributed by atoms with Crippen molar-refractivity contribution < 1.29 is 0 Å². The van der Waals surface area contributed by atoms with Gasteiger partial charge in [0.2, 0.25) is 0 Å². The Morgan fingerprint density at radius 3 is 2.24 bits per heavy atom. The van der Waals surface area contributed by atoms with Crippen molar-refractivity contribution in [2.45, 2.75) is 52.7 Å².